The first-order valence-electron chi connectivity index (χ1n) is 14.7. The van der Waals surface area contributed by atoms with Crippen LogP contribution in [0.3, 0.4) is 0 Å². The molecule has 230 valence electrons. The quantitative estimate of drug-likeness (QED) is 0.140. The van der Waals surface area contributed by atoms with E-state index in [2.05, 4.69) is 34.5 Å². The minimum absolute atomic E-state index is 0.0300. The summed E-state index contributed by atoms with van der Waals surface area (Å²) in [6.07, 6.45) is 1.65. The second-order valence-corrected chi connectivity index (χ2v) is 12.8. The zero-order valence-corrected chi connectivity index (χ0v) is 24.4. The number of rotatable bonds is 5. The van der Waals surface area contributed by atoms with E-state index in [1.54, 1.807) is 30.3 Å². The summed E-state index contributed by atoms with van der Waals surface area (Å²) in [6, 6.07) is 10.9. The maximum absolute atomic E-state index is 13.6. The number of hydrogen-bond donors (Lipinski definition) is 7. The summed E-state index contributed by atoms with van der Waals surface area (Å²) in [4.78, 5) is 51.5. The number of imide groups is 1. The molecule has 4 aliphatic heterocycles. The number of carbonyl (C=O) groups is 3. The largest absolute Gasteiger partial charge is 0.370 e. The number of nitrogens with zero attached hydrogens (tertiary/aromatic N) is 4. The Labute approximate surface area is 253 Å². The zero-order valence-electron chi connectivity index (χ0n) is 24.4. The predicted octanol–water partition coefficient (Wildman–Crippen LogP) is -2.77. The number of aliphatic hydroxyl groups is 2. The van der Waals surface area contributed by atoms with Crippen molar-refractivity contribution < 1.29 is 29.6 Å². The van der Waals surface area contributed by atoms with Crippen molar-refractivity contribution in [2.24, 2.45) is 16.5 Å². The highest BCUT2D eigenvalue weighted by atomic mass is 16.5. The number of benzene rings is 2. The van der Waals surface area contributed by atoms with Gasteiger partial charge in [-0.25, -0.2) is 15.1 Å². The summed E-state index contributed by atoms with van der Waals surface area (Å²) in [7, 11) is 0. The third-order valence-corrected chi connectivity index (χ3v) is 9.83. The molecule has 4 amide bonds. The average Bonchev–Trinajstić information content (AvgIpc) is 3.66. The van der Waals surface area contributed by atoms with Crippen molar-refractivity contribution in [2.45, 2.75) is 61.7 Å². The van der Waals surface area contributed by atoms with Crippen molar-refractivity contribution in [1.82, 2.24) is 20.4 Å². The molecule has 44 heavy (non-hydrogen) atoms. The Morgan fingerprint density at radius 2 is 1.89 bits per heavy atom. The fourth-order valence-electron chi connectivity index (χ4n) is 7.55. The van der Waals surface area contributed by atoms with Crippen LogP contribution in [-0.4, -0.2) is 99.0 Å². The maximum atomic E-state index is 13.6. The molecule has 5 aliphatic rings. The summed E-state index contributed by atoms with van der Waals surface area (Å²) in [5.74, 6) is -3.51. The number of anilines is 1. The van der Waals surface area contributed by atoms with Gasteiger partial charge in [-0.2, -0.15) is 0 Å². The molecule has 2 fully saturated rings. The van der Waals surface area contributed by atoms with Gasteiger partial charge in [0.05, 0.1) is 13.1 Å². The molecular formula is C30H36N9O5+. The van der Waals surface area contributed by atoms with Crippen LogP contribution in [0.4, 0.5) is 10.5 Å². The van der Waals surface area contributed by atoms with Crippen molar-refractivity contribution in [1.29, 1.82) is 0 Å². The molecule has 0 saturated carbocycles. The lowest BCUT2D eigenvalue weighted by Crippen LogP contribution is -2.90. The van der Waals surface area contributed by atoms with Crippen molar-refractivity contribution in [3.05, 3.63) is 65.2 Å². The van der Waals surface area contributed by atoms with E-state index < -0.39 is 47.4 Å². The number of guanidine groups is 2. The summed E-state index contributed by atoms with van der Waals surface area (Å²) >= 11 is 0. The van der Waals surface area contributed by atoms with Crippen molar-refractivity contribution >= 4 is 35.5 Å². The lowest BCUT2D eigenvalue weighted by atomic mass is 9.84. The van der Waals surface area contributed by atoms with E-state index in [9.17, 15) is 24.6 Å². The van der Waals surface area contributed by atoms with E-state index in [0.29, 0.717) is 11.3 Å². The molecule has 2 aromatic carbocycles. The SMILES string of the molecule is CC1(C)CCc2c(C(=O)NC3CN4C(N)=N[C@@H](CN5C(=O)CN(c6ccccc6)C5=O)[C@@H]5[NH+]=C(N)N[C@@]54C3(O)O)cccc21. The molecule has 14 heteroatoms. The molecule has 14 nitrogen and oxygen atoms in total. The van der Waals surface area contributed by atoms with Gasteiger partial charge in [-0.3, -0.25) is 35.0 Å². The standard InChI is InChI=1S/C30H35N9O5/c1-28(2)12-11-17-18(9-6-10-19(17)28)24(41)34-21-14-39-26(32)33-20(23-29(39,30(21,43)44)36-25(31)35-23)13-38-22(40)15-37(27(38)42)16-7-4-3-5-8-16/h3-10,20-21,23,43-44H,11-15H2,1-2H3,(H2,32,33)(H,34,41)(H3,31,35,36)/p+1/t20-,21?,23-,29-/m0/s1. The number of fused-ring (bicyclic) bond motifs is 1. The van der Waals surface area contributed by atoms with Gasteiger partial charge >= 0.3 is 12.0 Å². The lowest BCUT2D eigenvalue weighted by molar-refractivity contribution is -0.521. The Kier molecular flexibility index (Phi) is 6.01. The van der Waals surface area contributed by atoms with E-state index in [1.165, 1.54) is 9.80 Å². The average molecular weight is 603 g/mol. The van der Waals surface area contributed by atoms with E-state index in [1.807, 2.05) is 18.2 Å². The van der Waals surface area contributed by atoms with Gasteiger partial charge in [-0.05, 0) is 47.6 Å². The fraction of sp³-hybridized carbons (Fsp3) is 0.433. The summed E-state index contributed by atoms with van der Waals surface area (Å²) < 4.78 is 0. The second kappa shape index (κ2) is 9.40. The molecule has 1 aliphatic carbocycles. The monoisotopic (exact) mass is 602 g/mol. The van der Waals surface area contributed by atoms with Gasteiger partial charge in [0.25, 0.3) is 17.5 Å². The molecule has 2 aromatic rings. The Balaban J connectivity index is 1.17. The van der Waals surface area contributed by atoms with Gasteiger partial charge in [0.2, 0.25) is 5.79 Å². The number of nitrogens with one attached hydrogen (secondary N) is 3. The molecular weight excluding hydrogens is 566 g/mol. The first-order valence-corrected chi connectivity index (χ1v) is 14.7. The summed E-state index contributed by atoms with van der Waals surface area (Å²) in [6.45, 7) is 3.85. The first kappa shape index (κ1) is 28.1. The van der Waals surface area contributed by atoms with Crippen LogP contribution in [0, 0.1) is 0 Å². The Hall–Kier alpha value is -4.69. The fourth-order valence-corrected chi connectivity index (χ4v) is 7.55. The maximum Gasteiger partial charge on any atom is 0.343 e. The minimum atomic E-state index is -2.62. The number of nitrogens with two attached hydrogens (primary N) is 2. The van der Waals surface area contributed by atoms with Gasteiger partial charge in [-0.15, -0.1) is 0 Å². The third kappa shape index (κ3) is 3.83. The molecule has 7 rings (SSSR count). The molecule has 1 unspecified atom stereocenters. The smallest absolute Gasteiger partial charge is 0.343 e. The summed E-state index contributed by atoms with van der Waals surface area (Å²) in [5, 5.41) is 29.5. The highest BCUT2D eigenvalue weighted by Crippen LogP contribution is 2.43. The molecule has 4 atom stereocenters. The van der Waals surface area contributed by atoms with Crippen LogP contribution < -0.4 is 32.0 Å². The lowest BCUT2D eigenvalue weighted by Gasteiger charge is -2.46. The molecule has 2 saturated heterocycles. The molecule has 4 heterocycles. The molecule has 0 radical (unpaired) electrons. The number of aliphatic imine (C=N–C) groups is 1. The predicted molar refractivity (Wildman–Crippen MR) is 159 cm³/mol. The van der Waals surface area contributed by atoms with Gasteiger partial charge in [0.15, 0.2) is 12.0 Å². The van der Waals surface area contributed by atoms with Crippen LogP contribution >= 0.6 is 0 Å². The number of amides is 4. The van der Waals surface area contributed by atoms with E-state index >= 15 is 0 Å². The first-order chi connectivity index (χ1) is 20.8. The molecule has 9 N–H and O–H groups in total. The number of carbonyl (C=O) groups excluding carboxylic acids is 3. The number of para-hydroxylation sites is 1. The van der Waals surface area contributed by atoms with E-state index in [-0.39, 0.29) is 37.0 Å². The van der Waals surface area contributed by atoms with Gasteiger partial charge in [-0.1, -0.05) is 44.2 Å². The normalized spacial score (nSPS) is 29.5. The Morgan fingerprint density at radius 3 is 2.64 bits per heavy atom. The van der Waals surface area contributed by atoms with Crippen LogP contribution in [0.25, 0.3) is 0 Å². The Bertz CT molecular complexity index is 1640. The van der Waals surface area contributed by atoms with Crippen LogP contribution in [0.2, 0.25) is 0 Å². The zero-order chi connectivity index (χ0) is 31.2. The van der Waals surface area contributed by atoms with Crippen molar-refractivity contribution in [3.63, 3.8) is 0 Å². The topological polar surface area (TPSA) is 204 Å². The minimum Gasteiger partial charge on any atom is -0.370 e. The number of urea groups is 1. The van der Waals surface area contributed by atoms with Crippen molar-refractivity contribution in [3.8, 4) is 0 Å². The van der Waals surface area contributed by atoms with Crippen LogP contribution in [0.1, 0.15) is 41.8 Å². The third-order valence-electron chi connectivity index (χ3n) is 9.83. The second-order valence-electron chi connectivity index (χ2n) is 12.8. The van der Waals surface area contributed by atoms with E-state index in [0.717, 1.165) is 28.9 Å². The van der Waals surface area contributed by atoms with Crippen LogP contribution in [-0.2, 0) is 16.6 Å². The van der Waals surface area contributed by atoms with Gasteiger partial charge < -0.3 is 21.3 Å². The molecule has 0 bridgehead atoms. The number of hydrogen-bond acceptors (Lipinski definition) is 10. The van der Waals surface area contributed by atoms with Gasteiger partial charge in [0.1, 0.15) is 18.6 Å². The van der Waals surface area contributed by atoms with Crippen LogP contribution in [0.15, 0.2) is 53.5 Å². The molecule has 0 aromatic heterocycles. The highest BCUT2D eigenvalue weighted by molar-refractivity contribution is 6.12. The summed E-state index contributed by atoms with van der Waals surface area (Å²) in [5.41, 5.74) is 13.9. The molecule has 1 spiro atoms. The van der Waals surface area contributed by atoms with E-state index in [4.69, 9.17) is 11.5 Å². The Morgan fingerprint density at radius 1 is 1.14 bits per heavy atom. The van der Waals surface area contributed by atoms with Crippen molar-refractivity contribution in [2.75, 3.05) is 24.5 Å². The van der Waals surface area contributed by atoms with Crippen LogP contribution in [0.5, 0.6) is 0 Å². The van der Waals surface area contributed by atoms with Gasteiger partial charge in [0, 0.05) is 11.3 Å². The highest BCUT2D eigenvalue weighted by Gasteiger charge is 2.76.